The van der Waals surface area contributed by atoms with Crippen LogP contribution < -0.4 is 16.0 Å². The largest absolute Gasteiger partial charge is 0.353 e. The predicted molar refractivity (Wildman–Crippen MR) is 124 cm³/mol. The van der Waals surface area contributed by atoms with Crippen LogP contribution >= 0.6 is 0 Å². The molecule has 3 N–H and O–H groups in total. The van der Waals surface area contributed by atoms with Gasteiger partial charge in [0.05, 0.1) is 22.6 Å². The van der Waals surface area contributed by atoms with E-state index in [2.05, 4.69) is 16.0 Å². The van der Waals surface area contributed by atoms with Gasteiger partial charge < -0.3 is 16.0 Å². The Bertz CT molecular complexity index is 1300. The Morgan fingerprint density at radius 2 is 1.42 bits per heavy atom. The Balaban J connectivity index is 1.39. The monoisotopic (exact) mass is 405 g/mol. The lowest BCUT2D eigenvalue weighted by molar-refractivity contribution is 0.101. The zero-order valence-electron chi connectivity index (χ0n) is 16.6. The SMILES string of the molecule is O=C(Nc1cccc(-c2ccccc2)c1)c1ccc2c(c1)NC(=O)c1ccccc1N2. The van der Waals surface area contributed by atoms with E-state index in [4.69, 9.17) is 0 Å². The number of benzene rings is 4. The zero-order valence-corrected chi connectivity index (χ0v) is 16.6. The third-order valence-electron chi connectivity index (χ3n) is 5.20. The van der Waals surface area contributed by atoms with E-state index in [0.29, 0.717) is 22.5 Å². The van der Waals surface area contributed by atoms with Crippen molar-refractivity contribution in [1.29, 1.82) is 0 Å². The molecule has 0 aliphatic carbocycles. The van der Waals surface area contributed by atoms with Crippen LogP contribution in [0.4, 0.5) is 22.7 Å². The Kier molecular flexibility index (Phi) is 4.69. The lowest BCUT2D eigenvalue weighted by atomic mass is 10.1. The van der Waals surface area contributed by atoms with Gasteiger partial charge >= 0.3 is 0 Å². The number of carbonyl (C=O) groups is 2. The smallest absolute Gasteiger partial charge is 0.257 e. The van der Waals surface area contributed by atoms with Gasteiger partial charge in [-0.15, -0.1) is 0 Å². The summed E-state index contributed by atoms with van der Waals surface area (Å²) in [6, 6.07) is 30.2. The molecule has 0 radical (unpaired) electrons. The Morgan fingerprint density at radius 3 is 2.29 bits per heavy atom. The van der Waals surface area contributed by atoms with Gasteiger partial charge in [-0.2, -0.15) is 0 Å². The summed E-state index contributed by atoms with van der Waals surface area (Å²) in [7, 11) is 0. The first-order valence-corrected chi connectivity index (χ1v) is 9.96. The van der Waals surface area contributed by atoms with E-state index >= 15 is 0 Å². The summed E-state index contributed by atoms with van der Waals surface area (Å²) < 4.78 is 0. The highest BCUT2D eigenvalue weighted by atomic mass is 16.2. The molecular formula is C26H19N3O2. The molecule has 5 heteroatoms. The van der Waals surface area contributed by atoms with Gasteiger partial charge in [-0.3, -0.25) is 9.59 Å². The lowest BCUT2D eigenvalue weighted by Gasteiger charge is -2.12. The summed E-state index contributed by atoms with van der Waals surface area (Å²) in [6.07, 6.45) is 0. The van der Waals surface area contributed by atoms with Crippen molar-refractivity contribution in [1.82, 2.24) is 0 Å². The Morgan fingerprint density at radius 1 is 0.645 bits per heavy atom. The maximum atomic E-state index is 12.9. The van der Waals surface area contributed by atoms with Crippen molar-refractivity contribution in [2.75, 3.05) is 16.0 Å². The molecule has 1 aliphatic heterocycles. The number of nitrogens with one attached hydrogen (secondary N) is 3. The van der Waals surface area contributed by atoms with Crippen LogP contribution in [0.15, 0.2) is 97.1 Å². The number of fused-ring (bicyclic) bond motifs is 2. The third kappa shape index (κ3) is 3.76. The van der Waals surface area contributed by atoms with Gasteiger partial charge in [0.2, 0.25) is 0 Å². The van der Waals surface area contributed by atoms with Crippen LogP contribution in [0.25, 0.3) is 11.1 Å². The minimum atomic E-state index is -0.246. The van der Waals surface area contributed by atoms with Crippen LogP contribution in [0.2, 0.25) is 0 Å². The second kappa shape index (κ2) is 7.80. The minimum Gasteiger partial charge on any atom is -0.353 e. The Hall–Kier alpha value is -4.38. The van der Waals surface area contributed by atoms with Gasteiger partial charge in [-0.05, 0) is 53.6 Å². The van der Waals surface area contributed by atoms with Crippen molar-refractivity contribution in [2.45, 2.75) is 0 Å². The quantitative estimate of drug-likeness (QED) is 0.396. The zero-order chi connectivity index (χ0) is 21.2. The lowest BCUT2D eigenvalue weighted by Crippen LogP contribution is -2.14. The topological polar surface area (TPSA) is 70.2 Å². The fourth-order valence-corrected chi connectivity index (χ4v) is 3.63. The summed E-state index contributed by atoms with van der Waals surface area (Å²) in [5.74, 6) is -0.459. The van der Waals surface area contributed by atoms with Crippen molar-refractivity contribution in [3.8, 4) is 11.1 Å². The summed E-state index contributed by atoms with van der Waals surface area (Å²) in [5, 5.41) is 9.09. The molecule has 0 aromatic heterocycles. The molecule has 5 nitrogen and oxygen atoms in total. The molecule has 0 bridgehead atoms. The number of hydrogen-bond donors (Lipinski definition) is 3. The number of para-hydroxylation sites is 1. The van der Waals surface area contributed by atoms with Gasteiger partial charge in [0, 0.05) is 11.3 Å². The second-order valence-corrected chi connectivity index (χ2v) is 7.29. The van der Waals surface area contributed by atoms with E-state index in [1.165, 1.54) is 0 Å². The van der Waals surface area contributed by atoms with E-state index in [-0.39, 0.29) is 11.8 Å². The van der Waals surface area contributed by atoms with Crippen LogP contribution in [0.1, 0.15) is 20.7 Å². The molecule has 1 heterocycles. The van der Waals surface area contributed by atoms with Crippen molar-refractivity contribution < 1.29 is 9.59 Å². The average molecular weight is 405 g/mol. The van der Waals surface area contributed by atoms with Gasteiger partial charge in [0.15, 0.2) is 0 Å². The number of amides is 2. The fraction of sp³-hybridized carbons (Fsp3) is 0. The van der Waals surface area contributed by atoms with Crippen molar-refractivity contribution in [3.05, 3.63) is 108 Å². The maximum Gasteiger partial charge on any atom is 0.257 e. The molecule has 0 atom stereocenters. The second-order valence-electron chi connectivity index (χ2n) is 7.29. The van der Waals surface area contributed by atoms with Crippen LogP contribution in [0.5, 0.6) is 0 Å². The molecule has 1 aliphatic rings. The molecule has 5 rings (SSSR count). The van der Waals surface area contributed by atoms with E-state index in [0.717, 1.165) is 22.5 Å². The molecule has 31 heavy (non-hydrogen) atoms. The van der Waals surface area contributed by atoms with E-state index in [1.807, 2.05) is 72.8 Å². The number of anilines is 4. The van der Waals surface area contributed by atoms with E-state index in [9.17, 15) is 9.59 Å². The fourth-order valence-electron chi connectivity index (χ4n) is 3.63. The highest BCUT2D eigenvalue weighted by Gasteiger charge is 2.19. The highest BCUT2D eigenvalue weighted by Crippen LogP contribution is 2.32. The molecule has 0 saturated heterocycles. The molecule has 4 aromatic carbocycles. The van der Waals surface area contributed by atoms with Gasteiger partial charge in [0.25, 0.3) is 11.8 Å². The summed E-state index contributed by atoms with van der Waals surface area (Å²) >= 11 is 0. The van der Waals surface area contributed by atoms with Gasteiger partial charge in [0.1, 0.15) is 0 Å². The van der Waals surface area contributed by atoms with Gasteiger partial charge in [-0.1, -0.05) is 54.6 Å². The van der Waals surface area contributed by atoms with Crippen molar-refractivity contribution in [2.24, 2.45) is 0 Å². The third-order valence-corrected chi connectivity index (χ3v) is 5.20. The first kappa shape index (κ1) is 18.6. The summed E-state index contributed by atoms with van der Waals surface area (Å²) in [5.41, 5.74) is 5.85. The molecule has 0 saturated carbocycles. The predicted octanol–water partition coefficient (Wildman–Crippen LogP) is 5.92. The maximum absolute atomic E-state index is 12.9. The van der Waals surface area contributed by atoms with E-state index in [1.54, 1.807) is 24.3 Å². The molecule has 150 valence electrons. The Labute approximate surface area is 179 Å². The van der Waals surface area contributed by atoms with Crippen LogP contribution in [-0.4, -0.2) is 11.8 Å². The van der Waals surface area contributed by atoms with Crippen LogP contribution in [0.3, 0.4) is 0 Å². The molecule has 0 fully saturated rings. The summed E-state index contributed by atoms with van der Waals surface area (Å²) in [6.45, 7) is 0. The molecule has 4 aromatic rings. The summed E-state index contributed by atoms with van der Waals surface area (Å²) in [4.78, 5) is 25.5. The normalized spacial score (nSPS) is 11.9. The highest BCUT2D eigenvalue weighted by molar-refractivity contribution is 6.13. The first-order valence-electron chi connectivity index (χ1n) is 9.96. The van der Waals surface area contributed by atoms with Gasteiger partial charge in [-0.25, -0.2) is 0 Å². The number of hydrogen-bond acceptors (Lipinski definition) is 3. The molecule has 0 unspecified atom stereocenters. The average Bonchev–Trinajstić information content (AvgIpc) is 2.95. The number of carbonyl (C=O) groups excluding carboxylic acids is 2. The van der Waals surface area contributed by atoms with Crippen LogP contribution in [0, 0.1) is 0 Å². The first-order chi connectivity index (χ1) is 15.2. The minimum absolute atomic E-state index is 0.213. The molecular weight excluding hydrogens is 386 g/mol. The van der Waals surface area contributed by atoms with Crippen LogP contribution in [-0.2, 0) is 0 Å². The van der Waals surface area contributed by atoms with Crippen molar-refractivity contribution in [3.63, 3.8) is 0 Å². The number of rotatable bonds is 3. The van der Waals surface area contributed by atoms with E-state index < -0.39 is 0 Å². The molecule has 0 spiro atoms. The standard InChI is InChI=1S/C26H19N3O2/c30-25(27-20-10-6-9-18(15-20)17-7-2-1-3-8-17)19-13-14-23-24(16-19)29-26(31)21-11-4-5-12-22(21)28-23/h1-16,28H,(H,27,30)(H,29,31). The molecule has 2 amide bonds. The van der Waals surface area contributed by atoms with Crippen molar-refractivity contribution >= 4 is 34.6 Å².